The first-order valence-electron chi connectivity index (χ1n) is 7.37. The molecule has 8 heteroatoms. The number of nitrogens with one attached hydrogen (secondary N) is 1. The highest BCUT2D eigenvalue weighted by atomic mass is 32.1. The fraction of sp³-hybridized carbons (Fsp3) is 0.533. The van der Waals surface area contributed by atoms with Gasteiger partial charge in [0.1, 0.15) is 0 Å². The van der Waals surface area contributed by atoms with Crippen LogP contribution < -0.4 is 5.32 Å². The summed E-state index contributed by atoms with van der Waals surface area (Å²) in [4.78, 5) is 37.2. The quantitative estimate of drug-likeness (QED) is 0.771. The van der Waals surface area contributed by atoms with Gasteiger partial charge in [0.05, 0.1) is 17.4 Å². The maximum Gasteiger partial charge on any atom is 0.305 e. The van der Waals surface area contributed by atoms with Crippen molar-refractivity contribution in [3.05, 3.63) is 22.4 Å². The zero-order valence-corrected chi connectivity index (χ0v) is 13.7. The molecule has 0 radical (unpaired) electrons. The Morgan fingerprint density at radius 2 is 2.26 bits per heavy atom. The Balaban J connectivity index is 1.83. The van der Waals surface area contributed by atoms with Crippen LogP contribution in [-0.4, -0.2) is 60.1 Å². The lowest BCUT2D eigenvalue weighted by atomic mass is 10.1. The van der Waals surface area contributed by atoms with E-state index in [1.807, 2.05) is 5.38 Å². The molecule has 0 bridgehead atoms. The number of hydrogen-bond acceptors (Lipinski definition) is 5. The Kier molecular flexibility index (Phi) is 6.12. The first-order valence-corrected chi connectivity index (χ1v) is 8.25. The van der Waals surface area contributed by atoms with Crippen LogP contribution in [0.4, 0.5) is 0 Å². The molecule has 1 aromatic rings. The number of nitrogens with zero attached hydrogens (tertiary/aromatic N) is 1. The molecule has 1 aliphatic rings. The first-order chi connectivity index (χ1) is 11.0. The molecule has 0 aliphatic carbocycles. The molecule has 0 spiro atoms. The highest BCUT2D eigenvalue weighted by molar-refractivity contribution is 7.12. The fourth-order valence-corrected chi connectivity index (χ4v) is 3.31. The SMILES string of the molecule is COC1CC(CC(=O)O)N(C(=O)CCNC(=O)c2cccs2)C1. The summed E-state index contributed by atoms with van der Waals surface area (Å²) in [6.45, 7) is 0.621. The van der Waals surface area contributed by atoms with E-state index in [1.54, 1.807) is 24.1 Å². The Morgan fingerprint density at radius 3 is 2.87 bits per heavy atom. The molecule has 2 unspecified atom stereocenters. The number of carbonyl (C=O) groups excluding carboxylic acids is 2. The number of aliphatic carboxylic acids is 1. The number of likely N-dealkylation sites (tertiary alicyclic amines) is 1. The van der Waals surface area contributed by atoms with E-state index in [4.69, 9.17) is 9.84 Å². The zero-order valence-electron chi connectivity index (χ0n) is 12.9. The van der Waals surface area contributed by atoms with Gasteiger partial charge < -0.3 is 20.1 Å². The molecule has 0 saturated carbocycles. The van der Waals surface area contributed by atoms with Crippen LogP contribution in [0.5, 0.6) is 0 Å². The number of rotatable bonds is 7. The van der Waals surface area contributed by atoms with Gasteiger partial charge in [-0.05, 0) is 17.9 Å². The van der Waals surface area contributed by atoms with Crippen LogP contribution in [0.15, 0.2) is 17.5 Å². The van der Waals surface area contributed by atoms with Crippen molar-refractivity contribution in [2.75, 3.05) is 20.2 Å². The highest BCUT2D eigenvalue weighted by Gasteiger charge is 2.36. The first kappa shape index (κ1) is 17.4. The lowest BCUT2D eigenvalue weighted by Crippen LogP contribution is -2.39. The number of carboxylic acids is 1. The Labute approximate surface area is 138 Å². The van der Waals surface area contributed by atoms with Gasteiger partial charge in [-0.1, -0.05) is 6.07 Å². The van der Waals surface area contributed by atoms with E-state index in [9.17, 15) is 14.4 Å². The van der Waals surface area contributed by atoms with Gasteiger partial charge >= 0.3 is 5.97 Å². The van der Waals surface area contributed by atoms with E-state index < -0.39 is 5.97 Å². The van der Waals surface area contributed by atoms with Gasteiger partial charge in [0, 0.05) is 32.7 Å². The molecule has 2 atom stereocenters. The molecule has 23 heavy (non-hydrogen) atoms. The van der Waals surface area contributed by atoms with Gasteiger partial charge in [0.15, 0.2) is 0 Å². The predicted octanol–water partition coefficient (Wildman–Crippen LogP) is 0.959. The molecule has 2 heterocycles. The Bertz CT molecular complexity index is 560. The summed E-state index contributed by atoms with van der Waals surface area (Å²) in [7, 11) is 1.55. The molecule has 2 rings (SSSR count). The second-order valence-corrected chi connectivity index (χ2v) is 6.32. The maximum atomic E-state index is 12.3. The molecule has 1 aliphatic heterocycles. The third-order valence-electron chi connectivity index (χ3n) is 3.81. The molecule has 0 aromatic carbocycles. The van der Waals surface area contributed by atoms with E-state index in [0.717, 1.165) is 0 Å². The Morgan fingerprint density at radius 1 is 1.48 bits per heavy atom. The Hall–Kier alpha value is -1.93. The predicted molar refractivity (Wildman–Crippen MR) is 84.4 cm³/mol. The van der Waals surface area contributed by atoms with Crippen LogP contribution in [-0.2, 0) is 14.3 Å². The van der Waals surface area contributed by atoms with Crippen molar-refractivity contribution in [2.24, 2.45) is 0 Å². The smallest absolute Gasteiger partial charge is 0.305 e. The summed E-state index contributed by atoms with van der Waals surface area (Å²) in [6, 6.07) is 3.16. The topological polar surface area (TPSA) is 95.9 Å². The summed E-state index contributed by atoms with van der Waals surface area (Å²) < 4.78 is 5.24. The summed E-state index contributed by atoms with van der Waals surface area (Å²) >= 11 is 1.34. The number of methoxy groups -OCH3 is 1. The molecular formula is C15H20N2O5S. The van der Waals surface area contributed by atoms with E-state index in [2.05, 4.69) is 5.32 Å². The van der Waals surface area contributed by atoms with E-state index in [-0.39, 0.29) is 43.3 Å². The van der Waals surface area contributed by atoms with Crippen LogP contribution in [0.2, 0.25) is 0 Å². The second-order valence-electron chi connectivity index (χ2n) is 5.37. The van der Waals surface area contributed by atoms with Crippen LogP contribution >= 0.6 is 11.3 Å². The van der Waals surface area contributed by atoms with Crippen molar-refractivity contribution in [3.63, 3.8) is 0 Å². The molecular weight excluding hydrogens is 320 g/mol. The van der Waals surface area contributed by atoms with Crippen molar-refractivity contribution in [3.8, 4) is 0 Å². The van der Waals surface area contributed by atoms with Crippen molar-refractivity contribution in [2.45, 2.75) is 31.4 Å². The summed E-state index contributed by atoms with van der Waals surface area (Å²) in [5, 5.41) is 13.5. The number of amides is 2. The molecule has 126 valence electrons. The van der Waals surface area contributed by atoms with Crippen molar-refractivity contribution >= 4 is 29.1 Å². The summed E-state index contributed by atoms with van der Waals surface area (Å²) in [5.41, 5.74) is 0. The van der Waals surface area contributed by atoms with Gasteiger partial charge in [-0.2, -0.15) is 0 Å². The molecule has 2 N–H and O–H groups in total. The monoisotopic (exact) mass is 340 g/mol. The van der Waals surface area contributed by atoms with Gasteiger partial charge in [-0.3, -0.25) is 14.4 Å². The number of thiophene rings is 1. The normalized spacial score (nSPS) is 20.5. The maximum absolute atomic E-state index is 12.3. The van der Waals surface area contributed by atoms with Gasteiger partial charge in [-0.25, -0.2) is 0 Å². The average molecular weight is 340 g/mol. The average Bonchev–Trinajstić information content (AvgIpc) is 3.15. The van der Waals surface area contributed by atoms with Crippen LogP contribution in [0.25, 0.3) is 0 Å². The number of carbonyl (C=O) groups is 3. The van der Waals surface area contributed by atoms with Crippen LogP contribution in [0.1, 0.15) is 28.9 Å². The minimum Gasteiger partial charge on any atom is -0.481 e. The van der Waals surface area contributed by atoms with Crippen molar-refractivity contribution < 1.29 is 24.2 Å². The summed E-state index contributed by atoms with van der Waals surface area (Å²) in [5.74, 6) is -1.30. The van der Waals surface area contributed by atoms with E-state index in [1.165, 1.54) is 11.3 Å². The second kappa shape index (κ2) is 8.07. The fourth-order valence-electron chi connectivity index (χ4n) is 2.67. The van der Waals surface area contributed by atoms with Gasteiger partial charge in [0.2, 0.25) is 5.91 Å². The highest BCUT2D eigenvalue weighted by Crippen LogP contribution is 2.23. The minimum atomic E-state index is -0.935. The van der Waals surface area contributed by atoms with Crippen LogP contribution in [0.3, 0.4) is 0 Å². The summed E-state index contributed by atoms with van der Waals surface area (Å²) in [6.07, 6.45) is 0.441. The molecule has 2 amide bonds. The number of hydrogen-bond donors (Lipinski definition) is 2. The van der Waals surface area contributed by atoms with E-state index in [0.29, 0.717) is 17.8 Å². The molecule has 1 aromatic heterocycles. The minimum absolute atomic E-state index is 0.0901. The van der Waals surface area contributed by atoms with Crippen molar-refractivity contribution in [1.29, 1.82) is 0 Å². The van der Waals surface area contributed by atoms with Crippen LogP contribution in [0, 0.1) is 0 Å². The van der Waals surface area contributed by atoms with Gasteiger partial charge in [-0.15, -0.1) is 11.3 Å². The van der Waals surface area contributed by atoms with Crippen molar-refractivity contribution in [1.82, 2.24) is 10.2 Å². The lowest BCUT2D eigenvalue weighted by Gasteiger charge is -2.23. The molecule has 1 saturated heterocycles. The number of carboxylic acid groups (broad SMARTS) is 1. The lowest BCUT2D eigenvalue weighted by molar-refractivity contribution is -0.139. The zero-order chi connectivity index (χ0) is 16.8. The number of ether oxygens (including phenoxy) is 1. The molecule has 1 fully saturated rings. The third kappa shape index (κ3) is 4.77. The van der Waals surface area contributed by atoms with E-state index >= 15 is 0 Å². The third-order valence-corrected chi connectivity index (χ3v) is 4.68. The molecule has 7 nitrogen and oxygen atoms in total. The standard InChI is InChI=1S/C15H20N2O5S/c1-22-11-7-10(8-14(19)20)17(9-11)13(18)4-5-16-15(21)12-3-2-6-23-12/h2-3,6,10-11H,4-5,7-9H2,1H3,(H,16,21)(H,19,20). The van der Waals surface area contributed by atoms with Gasteiger partial charge in [0.25, 0.3) is 5.91 Å². The largest absolute Gasteiger partial charge is 0.481 e.